The highest BCUT2D eigenvalue weighted by Crippen LogP contribution is 2.24. The fourth-order valence-corrected chi connectivity index (χ4v) is 1.84. The zero-order valence-corrected chi connectivity index (χ0v) is 9.91. The van der Waals surface area contributed by atoms with E-state index in [9.17, 15) is 13.2 Å². The summed E-state index contributed by atoms with van der Waals surface area (Å²) in [6.07, 6.45) is -2.41. The lowest BCUT2D eigenvalue weighted by Gasteiger charge is -2.04. The zero-order chi connectivity index (χ0) is 13.2. The monoisotopic (exact) mass is 254 g/mol. The summed E-state index contributed by atoms with van der Waals surface area (Å²) >= 11 is 0. The Morgan fingerprint density at radius 1 is 1.17 bits per heavy atom. The SMILES string of the molecule is CCc1nn(C(F)(F)F)cc1Cc1ccccc1. The van der Waals surface area contributed by atoms with Crippen LogP contribution < -0.4 is 0 Å². The molecule has 0 aliphatic heterocycles. The van der Waals surface area contributed by atoms with Gasteiger partial charge in [0.25, 0.3) is 0 Å². The molecule has 5 heteroatoms. The van der Waals surface area contributed by atoms with Crippen LogP contribution in [0.1, 0.15) is 23.7 Å². The maximum Gasteiger partial charge on any atom is 0.504 e. The largest absolute Gasteiger partial charge is 0.504 e. The van der Waals surface area contributed by atoms with Crippen molar-refractivity contribution in [3.8, 4) is 0 Å². The molecule has 1 aromatic heterocycles. The van der Waals surface area contributed by atoms with Crippen LogP contribution in [0.3, 0.4) is 0 Å². The molecule has 96 valence electrons. The summed E-state index contributed by atoms with van der Waals surface area (Å²) in [6.45, 7) is 1.80. The smallest absolute Gasteiger partial charge is 0.178 e. The van der Waals surface area contributed by atoms with E-state index in [0.717, 1.165) is 11.8 Å². The van der Waals surface area contributed by atoms with Crippen molar-refractivity contribution in [2.45, 2.75) is 26.1 Å². The second-order valence-corrected chi connectivity index (χ2v) is 4.03. The summed E-state index contributed by atoms with van der Waals surface area (Å²) in [5.74, 6) is 0. The number of benzene rings is 1. The van der Waals surface area contributed by atoms with E-state index in [0.29, 0.717) is 24.1 Å². The van der Waals surface area contributed by atoms with Crippen LogP contribution >= 0.6 is 0 Å². The Bertz CT molecular complexity index is 515. The standard InChI is InChI=1S/C13H13F3N2/c1-2-12-11(8-10-6-4-3-5-7-10)9-18(17-12)13(14,15)16/h3-7,9H,2,8H2,1H3. The molecule has 0 atom stereocenters. The van der Waals surface area contributed by atoms with Gasteiger partial charge in [0.15, 0.2) is 0 Å². The Labute approximate surface area is 103 Å². The van der Waals surface area contributed by atoms with Crippen LogP contribution in [-0.4, -0.2) is 9.78 Å². The molecule has 0 unspecified atom stereocenters. The van der Waals surface area contributed by atoms with E-state index in [-0.39, 0.29) is 4.68 Å². The van der Waals surface area contributed by atoms with E-state index in [1.807, 2.05) is 30.3 Å². The highest BCUT2D eigenvalue weighted by atomic mass is 19.4. The van der Waals surface area contributed by atoms with Crippen molar-refractivity contribution >= 4 is 0 Å². The van der Waals surface area contributed by atoms with Gasteiger partial charge in [-0.2, -0.15) is 9.78 Å². The summed E-state index contributed by atoms with van der Waals surface area (Å²) in [5.41, 5.74) is 2.10. The highest BCUT2D eigenvalue weighted by Gasteiger charge is 2.32. The van der Waals surface area contributed by atoms with Crippen LogP contribution in [0.4, 0.5) is 13.2 Å². The van der Waals surface area contributed by atoms with Crippen LogP contribution in [0.25, 0.3) is 0 Å². The van der Waals surface area contributed by atoms with Gasteiger partial charge in [-0.3, -0.25) is 0 Å². The minimum Gasteiger partial charge on any atom is -0.178 e. The van der Waals surface area contributed by atoms with Gasteiger partial charge in [-0.05, 0) is 17.5 Å². The zero-order valence-electron chi connectivity index (χ0n) is 9.91. The number of alkyl halides is 3. The molecule has 2 aromatic rings. The molecule has 0 fully saturated rings. The predicted octanol–water partition coefficient (Wildman–Crippen LogP) is 3.51. The number of hydrogen-bond donors (Lipinski definition) is 0. The van der Waals surface area contributed by atoms with Crippen molar-refractivity contribution in [3.05, 3.63) is 53.3 Å². The highest BCUT2D eigenvalue weighted by molar-refractivity contribution is 5.27. The molecule has 0 radical (unpaired) electrons. The summed E-state index contributed by atoms with van der Waals surface area (Å²) in [5, 5.41) is 3.59. The minimum absolute atomic E-state index is 0.0874. The van der Waals surface area contributed by atoms with Crippen LogP contribution in [0.2, 0.25) is 0 Å². The molecule has 0 amide bonds. The average molecular weight is 254 g/mol. The Hall–Kier alpha value is -1.78. The van der Waals surface area contributed by atoms with Crippen LogP contribution in [0.15, 0.2) is 36.5 Å². The molecule has 0 N–H and O–H groups in total. The summed E-state index contributed by atoms with van der Waals surface area (Å²) in [7, 11) is 0. The molecule has 0 aliphatic rings. The Morgan fingerprint density at radius 3 is 2.39 bits per heavy atom. The van der Waals surface area contributed by atoms with Crippen molar-refractivity contribution in [1.82, 2.24) is 9.78 Å². The molecule has 2 nitrogen and oxygen atoms in total. The topological polar surface area (TPSA) is 17.8 Å². The Balaban J connectivity index is 2.30. The third-order valence-electron chi connectivity index (χ3n) is 2.71. The number of aryl methyl sites for hydroxylation is 1. The number of aromatic nitrogens is 2. The van der Waals surface area contributed by atoms with Gasteiger partial charge < -0.3 is 0 Å². The van der Waals surface area contributed by atoms with E-state index in [4.69, 9.17) is 0 Å². The number of rotatable bonds is 3. The molecule has 0 saturated heterocycles. The third kappa shape index (κ3) is 2.72. The molecule has 2 rings (SSSR count). The Kier molecular flexibility index (Phi) is 3.41. The van der Waals surface area contributed by atoms with Crippen LogP contribution in [-0.2, 0) is 19.1 Å². The fraction of sp³-hybridized carbons (Fsp3) is 0.308. The first kappa shape index (κ1) is 12.7. The number of hydrogen-bond acceptors (Lipinski definition) is 1. The van der Waals surface area contributed by atoms with Gasteiger partial charge in [-0.1, -0.05) is 37.3 Å². The lowest BCUT2D eigenvalue weighted by Crippen LogP contribution is -2.17. The van der Waals surface area contributed by atoms with E-state index in [1.54, 1.807) is 6.92 Å². The van der Waals surface area contributed by atoms with Gasteiger partial charge in [0.1, 0.15) is 0 Å². The molecule has 1 aromatic carbocycles. The van der Waals surface area contributed by atoms with Crippen LogP contribution in [0, 0.1) is 0 Å². The maximum atomic E-state index is 12.6. The first-order valence-corrected chi connectivity index (χ1v) is 5.69. The van der Waals surface area contributed by atoms with Gasteiger partial charge in [-0.25, -0.2) is 0 Å². The summed E-state index contributed by atoms with van der Waals surface area (Å²) in [4.78, 5) is 0. The summed E-state index contributed by atoms with van der Waals surface area (Å²) in [6, 6.07) is 9.41. The van der Waals surface area contributed by atoms with E-state index >= 15 is 0 Å². The quantitative estimate of drug-likeness (QED) is 0.819. The van der Waals surface area contributed by atoms with Gasteiger partial charge in [0, 0.05) is 12.6 Å². The molecular weight excluding hydrogens is 241 g/mol. The fourth-order valence-electron chi connectivity index (χ4n) is 1.84. The van der Waals surface area contributed by atoms with Crippen LogP contribution in [0.5, 0.6) is 0 Å². The molecule has 1 heterocycles. The molecule has 0 spiro atoms. The third-order valence-corrected chi connectivity index (χ3v) is 2.71. The van der Waals surface area contributed by atoms with Crippen molar-refractivity contribution < 1.29 is 13.2 Å². The van der Waals surface area contributed by atoms with Crippen molar-refractivity contribution in [2.24, 2.45) is 0 Å². The minimum atomic E-state index is -4.45. The Morgan fingerprint density at radius 2 is 1.83 bits per heavy atom. The molecule has 0 aliphatic carbocycles. The van der Waals surface area contributed by atoms with Gasteiger partial charge in [0.2, 0.25) is 0 Å². The number of nitrogens with zero attached hydrogens (tertiary/aromatic N) is 2. The van der Waals surface area contributed by atoms with Gasteiger partial charge >= 0.3 is 6.30 Å². The van der Waals surface area contributed by atoms with Gasteiger partial charge in [0.05, 0.1) is 5.69 Å². The molecular formula is C13H13F3N2. The van der Waals surface area contributed by atoms with Crippen molar-refractivity contribution in [2.75, 3.05) is 0 Å². The van der Waals surface area contributed by atoms with Crippen molar-refractivity contribution in [3.63, 3.8) is 0 Å². The van der Waals surface area contributed by atoms with E-state index in [2.05, 4.69) is 5.10 Å². The number of halogens is 3. The first-order valence-electron chi connectivity index (χ1n) is 5.69. The molecule has 18 heavy (non-hydrogen) atoms. The van der Waals surface area contributed by atoms with E-state index in [1.165, 1.54) is 0 Å². The second kappa shape index (κ2) is 4.84. The average Bonchev–Trinajstić information content (AvgIpc) is 2.73. The first-order chi connectivity index (χ1) is 8.50. The second-order valence-electron chi connectivity index (χ2n) is 4.03. The van der Waals surface area contributed by atoms with E-state index < -0.39 is 6.30 Å². The normalized spacial score (nSPS) is 11.8. The lowest BCUT2D eigenvalue weighted by molar-refractivity contribution is -0.212. The predicted molar refractivity (Wildman–Crippen MR) is 62.2 cm³/mol. The molecule has 0 saturated carbocycles. The lowest BCUT2D eigenvalue weighted by atomic mass is 10.1. The molecule has 0 bridgehead atoms. The van der Waals surface area contributed by atoms with Crippen molar-refractivity contribution in [1.29, 1.82) is 0 Å². The maximum absolute atomic E-state index is 12.6. The van der Waals surface area contributed by atoms with Gasteiger partial charge in [-0.15, -0.1) is 13.2 Å². The summed E-state index contributed by atoms with van der Waals surface area (Å²) < 4.78 is 37.8.